The number of halogens is 2. The maximum Gasteiger partial charge on any atom is 0.130 e. The Morgan fingerprint density at radius 2 is 1.21 bits per heavy atom. The van der Waals surface area contributed by atoms with Crippen molar-refractivity contribution in [1.29, 1.82) is 0 Å². The fraction of sp³-hybridized carbons (Fsp3) is 0.379. The van der Waals surface area contributed by atoms with Crippen molar-refractivity contribution in [3.8, 4) is 0 Å². The first-order valence-electron chi connectivity index (χ1n) is 11.7. The topological polar surface area (TPSA) is 40.5 Å². The van der Waals surface area contributed by atoms with Crippen LogP contribution < -0.4 is 0 Å². The summed E-state index contributed by atoms with van der Waals surface area (Å²) in [4.78, 5) is 0. The second-order valence-electron chi connectivity index (χ2n) is 10.3. The molecule has 0 saturated heterocycles. The van der Waals surface area contributed by atoms with Crippen LogP contribution in [0, 0.1) is 29.6 Å². The normalized spacial score (nSPS) is 33.5. The molecule has 2 aromatic rings. The first-order valence-corrected chi connectivity index (χ1v) is 13.3. The summed E-state index contributed by atoms with van der Waals surface area (Å²) < 4.78 is 1.96. The number of fused-ring (bicyclic) bond motifs is 2. The molecule has 0 amide bonds. The molecule has 0 radical (unpaired) electrons. The van der Waals surface area contributed by atoms with Crippen molar-refractivity contribution in [2.75, 3.05) is 0 Å². The van der Waals surface area contributed by atoms with Gasteiger partial charge in [0.15, 0.2) is 0 Å². The maximum absolute atomic E-state index is 12.4. The highest BCUT2D eigenvalue weighted by atomic mass is 79.9. The Kier molecular flexibility index (Phi) is 5.68. The molecule has 33 heavy (non-hydrogen) atoms. The minimum Gasteiger partial charge on any atom is -0.377 e. The highest BCUT2D eigenvalue weighted by Gasteiger charge is 2.60. The van der Waals surface area contributed by atoms with Crippen LogP contribution >= 0.6 is 31.9 Å². The van der Waals surface area contributed by atoms with Gasteiger partial charge in [-0.25, -0.2) is 0 Å². The molecule has 3 aliphatic rings. The SMILES string of the molecule is CC1=CC2C1C1=C(C2C(C)C(C)C)C(O)(c2ccc(Br)cc2)C=CC1(O)c1ccc(Br)cc1. The van der Waals surface area contributed by atoms with Gasteiger partial charge in [0.25, 0.3) is 0 Å². The number of allylic oxidation sites excluding steroid dienone is 2. The fourth-order valence-electron chi connectivity index (χ4n) is 6.22. The Bertz CT molecular complexity index is 1180. The molecule has 2 nitrogen and oxygen atoms in total. The van der Waals surface area contributed by atoms with Crippen LogP contribution in [-0.2, 0) is 11.2 Å². The zero-order chi connectivity index (χ0) is 23.7. The zero-order valence-electron chi connectivity index (χ0n) is 19.4. The molecular weight excluding hydrogens is 540 g/mol. The standard InChI is InChI=1S/C29H30Br2O2/c1-16(2)18(4)25-23-15-17(3)24(23)26-27(25)29(33,20-7-11-22(31)12-8-20)14-13-28(26,32)19-5-9-21(30)10-6-19/h5-16,18,23-25,32-33H,1-4H3. The van der Waals surface area contributed by atoms with Crippen molar-refractivity contribution >= 4 is 31.9 Å². The van der Waals surface area contributed by atoms with Crippen LogP contribution in [0.4, 0.5) is 0 Å². The second kappa shape index (κ2) is 8.05. The molecular formula is C29H30Br2O2. The highest BCUT2D eigenvalue weighted by Crippen LogP contribution is 2.65. The average molecular weight is 570 g/mol. The molecule has 2 N–H and O–H groups in total. The van der Waals surface area contributed by atoms with E-state index in [1.165, 1.54) is 5.57 Å². The molecule has 0 saturated carbocycles. The highest BCUT2D eigenvalue weighted by molar-refractivity contribution is 9.10. The van der Waals surface area contributed by atoms with E-state index in [9.17, 15) is 10.2 Å². The third-order valence-electron chi connectivity index (χ3n) is 8.25. The number of aliphatic hydroxyl groups is 2. The lowest BCUT2D eigenvalue weighted by atomic mass is 9.65. The van der Waals surface area contributed by atoms with Crippen LogP contribution in [0.5, 0.6) is 0 Å². The van der Waals surface area contributed by atoms with E-state index in [1.807, 2.05) is 60.7 Å². The van der Waals surface area contributed by atoms with E-state index >= 15 is 0 Å². The summed E-state index contributed by atoms with van der Waals surface area (Å²) in [6, 6.07) is 15.8. The number of hydrogen-bond acceptors (Lipinski definition) is 2. The molecule has 0 spiro atoms. The van der Waals surface area contributed by atoms with Gasteiger partial charge < -0.3 is 10.2 Å². The van der Waals surface area contributed by atoms with Gasteiger partial charge in [-0.05, 0) is 89.3 Å². The van der Waals surface area contributed by atoms with E-state index in [4.69, 9.17) is 0 Å². The van der Waals surface area contributed by atoms with Crippen molar-refractivity contribution in [2.24, 2.45) is 29.6 Å². The van der Waals surface area contributed by atoms with Crippen molar-refractivity contribution in [3.63, 3.8) is 0 Å². The molecule has 3 aliphatic carbocycles. The number of rotatable bonds is 4. The summed E-state index contributed by atoms with van der Waals surface area (Å²) in [7, 11) is 0. The molecule has 6 atom stereocenters. The van der Waals surface area contributed by atoms with Crippen LogP contribution in [0.1, 0.15) is 38.8 Å². The Morgan fingerprint density at radius 3 is 1.64 bits per heavy atom. The summed E-state index contributed by atoms with van der Waals surface area (Å²) in [5.41, 5.74) is 2.42. The van der Waals surface area contributed by atoms with Crippen molar-refractivity contribution < 1.29 is 10.2 Å². The molecule has 0 fully saturated rings. The monoisotopic (exact) mass is 568 g/mol. The first-order chi connectivity index (χ1) is 15.6. The third-order valence-corrected chi connectivity index (χ3v) is 9.31. The van der Waals surface area contributed by atoms with Crippen molar-refractivity contribution in [3.05, 3.63) is 104 Å². The molecule has 0 aromatic heterocycles. The predicted molar refractivity (Wildman–Crippen MR) is 140 cm³/mol. The molecule has 172 valence electrons. The number of benzene rings is 2. The lowest BCUT2D eigenvalue weighted by Gasteiger charge is -2.42. The minimum atomic E-state index is -1.25. The summed E-state index contributed by atoms with van der Waals surface area (Å²) in [5, 5.41) is 24.7. The summed E-state index contributed by atoms with van der Waals surface area (Å²) in [6.07, 6.45) is 6.01. The summed E-state index contributed by atoms with van der Waals surface area (Å²) in [5.74, 6) is 1.42. The smallest absolute Gasteiger partial charge is 0.130 e. The van der Waals surface area contributed by atoms with Gasteiger partial charge in [-0.2, -0.15) is 0 Å². The van der Waals surface area contributed by atoms with Gasteiger partial charge >= 0.3 is 0 Å². The fourth-order valence-corrected chi connectivity index (χ4v) is 6.75. The Balaban J connectivity index is 1.78. The van der Waals surface area contributed by atoms with E-state index in [0.717, 1.165) is 31.2 Å². The molecule has 6 unspecified atom stereocenters. The van der Waals surface area contributed by atoms with Gasteiger partial charge in [-0.15, -0.1) is 0 Å². The van der Waals surface area contributed by atoms with Crippen LogP contribution in [0.3, 0.4) is 0 Å². The molecule has 0 aliphatic heterocycles. The van der Waals surface area contributed by atoms with Crippen LogP contribution in [0.2, 0.25) is 0 Å². The predicted octanol–water partition coefficient (Wildman–Crippen LogP) is 7.27. The zero-order valence-corrected chi connectivity index (χ0v) is 22.6. The van der Waals surface area contributed by atoms with Crippen molar-refractivity contribution in [2.45, 2.75) is 38.9 Å². The molecule has 4 heteroatoms. The van der Waals surface area contributed by atoms with E-state index in [1.54, 1.807) is 0 Å². The molecule has 2 aromatic carbocycles. The van der Waals surface area contributed by atoms with Gasteiger partial charge in [0.05, 0.1) is 0 Å². The van der Waals surface area contributed by atoms with E-state index in [2.05, 4.69) is 65.6 Å². The minimum absolute atomic E-state index is 0.145. The van der Waals surface area contributed by atoms with E-state index < -0.39 is 11.2 Å². The van der Waals surface area contributed by atoms with E-state index in [0.29, 0.717) is 17.8 Å². The van der Waals surface area contributed by atoms with Gasteiger partial charge in [0.1, 0.15) is 11.2 Å². The second-order valence-corrected chi connectivity index (χ2v) is 12.1. The molecule has 0 heterocycles. The Morgan fingerprint density at radius 1 is 0.758 bits per heavy atom. The third kappa shape index (κ3) is 3.40. The molecule has 0 bridgehead atoms. The van der Waals surface area contributed by atoms with Crippen LogP contribution in [0.25, 0.3) is 0 Å². The first kappa shape index (κ1) is 23.3. The van der Waals surface area contributed by atoms with E-state index in [-0.39, 0.29) is 11.8 Å². The largest absolute Gasteiger partial charge is 0.377 e. The quantitative estimate of drug-likeness (QED) is 0.380. The van der Waals surface area contributed by atoms with Gasteiger partial charge in [0.2, 0.25) is 0 Å². The molecule has 5 rings (SSSR count). The Labute approximate surface area is 213 Å². The number of hydrogen-bond donors (Lipinski definition) is 2. The lowest BCUT2D eigenvalue weighted by molar-refractivity contribution is 0.0755. The summed E-state index contributed by atoms with van der Waals surface area (Å²) >= 11 is 7.05. The lowest BCUT2D eigenvalue weighted by Crippen LogP contribution is -2.40. The van der Waals surface area contributed by atoms with Gasteiger partial charge in [0, 0.05) is 14.9 Å². The average Bonchev–Trinajstić information content (AvgIpc) is 3.07. The van der Waals surface area contributed by atoms with Crippen LogP contribution in [0.15, 0.2) is 92.4 Å². The summed E-state index contributed by atoms with van der Waals surface area (Å²) in [6.45, 7) is 8.97. The van der Waals surface area contributed by atoms with Crippen LogP contribution in [-0.4, -0.2) is 10.2 Å². The maximum atomic E-state index is 12.4. The Hall–Kier alpha value is -1.46. The van der Waals surface area contributed by atoms with Gasteiger partial charge in [-0.1, -0.05) is 88.5 Å². The van der Waals surface area contributed by atoms with Crippen molar-refractivity contribution in [1.82, 2.24) is 0 Å². The van der Waals surface area contributed by atoms with Gasteiger partial charge in [-0.3, -0.25) is 0 Å².